The van der Waals surface area contributed by atoms with Crippen LogP contribution in [0.5, 0.6) is 5.75 Å². The molecule has 3 aromatic carbocycles. The zero-order valence-electron chi connectivity index (χ0n) is 18.2. The third-order valence-electron chi connectivity index (χ3n) is 5.29. The second-order valence-corrected chi connectivity index (χ2v) is 7.90. The minimum absolute atomic E-state index is 0.0810. The lowest BCUT2D eigenvalue weighted by Gasteiger charge is -2.14. The smallest absolute Gasteiger partial charge is 0.341 e. The second kappa shape index (κ2) is 10.3. The number of para-hydroxylation sites is 2. The number of methoxy groups -OCH3 is 1. The molecule has 0 aliphatic heterocycles. The van der Waals surface area contributed by atoms with E-state index in [1.165, 1.54) is 7.11 Å². The number of esters is 1. The van der Waals surface area contributed by atoms with E-state index in [1.807, 2.05) is 30.3 Å². The average Bonchev–Trinajstić information content (AvgIpc) is 2.85. The van der Waals surface area contributed by atoms with Crippen molar-refractivity contribution in [2.45, 2.75) is 19.4 Å². The van der Waals surface area contributed by atoms with Gasteiger partial charge in [0.05, 0.1) is 24.6 Å². The van der Waals surface area contributed by atoms with Gasteiger partial charge in [0.2, 0.25) is 0 Å². The summed E-state index contributed by atoms with van der Waals surface area (Å²) in [6.07, 6.45) is 1.38. The van der Waals surface area contributed by atoms with Gasteiger partial charge in [0.25, 0.3) is 5.56 Å². The summed E-state index contributed by atoms with van der Waals surface area (Å²) < 4.78 is 12.3. The molecule has 33 heavy (non-hydrogen) atoms. The Morgan fingerprint density at radius 3 is 2.48 bits per heavy atom. The molecule has 1 heterocycles. The van der Waals surface area contributed by atoms with Crippen LogP contribution < -0.4 is 10.3 Å². The molecular weight excluding hydrogens is 440 g/mol. The predicted octanol–water partition coefficient (Wildman–Crippen LogP) is 5.36. The highest BCUT2D eigenvalue weighted by atomic mass is 35.5. The summed E-state index contributed by atoms with van der Waals surface area (Å²) in [4.78, 5) is 29.9. The van der Waals surface area contributed by atoms with Crippen LogP contribution in [0.4, 0.5) is 0 Å². The summed E-state index contributed by atoms with van der Waals surface area (Å²) >= 11 is 6.04. The normalized spacial score (nSPS) is 10.8. The highest BCUT2D eigenvalue weighted by Crippen LogP contribution is 2.22. The summed E-state index contributed by atoms with van der Waals surface area (Å²) in [5.41, 5.74) is 1.79. The molecule has 4 aromatic rings. The molecular formula is C26H23ClN2O4. The number of hydrogen-bond acceptors (Lipinski definition) is 5. The Kier molecular flexibility index (Phi) is 7.05. The molecule has 0 aliphatic rings. The monoisotopic (exact) mass is 462 g/mol. The van der Waals surface area contributed by atoms with Gasteiger partial charge in [-0.1, -0.05) is 35.9 Å². The lowest BCUT2D eigenvalue weighted by Crippen LogP contribution is -2.24. The van der Waals surface area contributed by atoms with E-state index in [0.717, 1.165) is 5.56 Å². The molecule has 6 nitrogen and oxygen atoms in total. The van der Waals surface area contributed by atoms with Gasteiger partial charge in [-0.15, -0.1) is 0 Å². The maximum Gasteiger partial charge on any atom is 0.341 e. The maximum absolute atomic E-state index is 13.2. The highest BCUT2D eigenvalue weighted by Gasteiger charge is 2.14. The first-order chi connectivity index (χ1) is 16.1. The van der Waals surface area contributed by atoms with E-state index in [1.54, 1.807) is 47.0 Å². The number of aromatic nitrogens is 2. The minimum Gasteiger partial charge on any atom is -0.493 e. The van der Waals surface area contributed by atoms with Crippen LogP contribution >= 0.6 is 11.6 Å². The van der Waals surface area contributed by atoms with E-state index in [4.69, 9.17) is 26.1 Å². The molecule has 0 bridgehead atoms. The number of rotatable bonds is 8. The van der Waals surface area contributed by atoms with Crippen molar-refractivity contribution in [3.63, 3.8) is 0 Å². The van der Waals surface area contributed by atoms with Gasteiger partial charge in [-0.2, -0.15) is 0 Å². The Hall–Kier alpha value is -3.64. The number of fused-ring (bicyclic) bond motifs is 1. The van der Waals surface area contributed by atoms with Crippen molar-refractivity contribution in [1.29, 1.82) is 0 Å². The fourth-order valence-corrected chi connectivity index (χ4v) is 3.75. The summed E-state index contributed by atoms with van der Waals surface area (Å²) in [7, 11) is 1.34. The van der Waals surface area contributed by atoms with Gasteiger partial charge < -0.3 is 9.47 Å². The van der Waals surface area contributed by atoms with Gasteiger partial charge in [0.15, 0.2) is 0 Å². The standard InChI is InChI=1S/C26H23ClN2O4/c1-32-26(31)21-9-3-5-11-23(21)33-17-7-6-16-29-24(18-12-14-19(27)15-13-18)28-22-10-4-2-8-20(22)25(29)30/h2-5,8-15H,6-7,16-17H2,1H3. The van der Waals surface area contributed by atoms with Crippen LogP contribution in [0.3, 0.4) is 0 Å². The molecule has 0 fully saturated rings. The summed E-state index contributed by atoms with van der Waals surface area (Å²) in [6.45, 7) is 0.886. The molecule has 0 aliphatic carbocycles. The highest BCUT2D eigenvalue weighted by molar-refractivity contribution is 6.30. The Balaban J connectivity index is 1.51. The number of halogens is 1. The zero-order chi connectivity index (χ0) is 23.2. The molecule has 7 heteroatoms. The van der Waals surface area contributed by atoms with Crippen LogP contribution in [0.1, 0.15) is 23.2 Å². The van der Waals surface area contributed by atoms with E-state index in [-0.39, 0.29) is 5.56 Å². The summed E-state index contributed by atoms with van der Waals surface area (Å²) in [6, 6.07) is 21.6. The van der Waals surface area contributed by atoms with Crippen LogP contribution in [-0.2, 0) is 11.3 Å². The summed E-state index contributed by atoms with van der Waals surface area (Å²) in [5, 5.41) is 1.20. The lowest BCUT2D eigenvalue weighted by atomic mass is 10.1. The van der Waals surface area contributed by atoms with Crippen LogP contribution in [-0.4, -0.2) is 29.2 Å². The molecule has 4 rings (SSSR count). The molecule has 0 N–H and O–H groups in total. The molecule has 0 atom stereocenters. The Labute approximate surface area is 196 Å². The fraction of sp³-hybridized carbons (Fsp3) is 0.192. The molecule has 0 saturated carbocycles. The molecule has 0 radical (unpaired) electrons. The first kappa shape index (κ1) is 22.6. The topological polar surface area (TPSA) is 70.4 Å². The van der Waals surface area contributed by atoms with Crippen molar-refractivity contribution in [3.8, 4) is 17.1 Å². The van der Waals surface area contributed by atoms with E-state index >= 15 is 0 Å². The average molecular weight is 463 g/mol. The van der Waals surface area contributed by atoms with Gasteiger partial charge in [-0.25, -0.2) is 9.78 Å². The number of unbranched alkanes of at least 4 members (excludes halogenated alkanes) is 1. The van der Waals surface area contributed by atoms with Crippen LogP contribution in [0.15, 0.2) is 77.6 Å². The Bertz CT molecular complexity index is 1330. The molecule has 0 spiro atoms. The Morgan fingerprint density at radius 2 is 1.70 bits per heavy atom. The van der Waals surface area contributed by atoms with Crippen molar-refractivity contribution in [2.75, 3.05) is 13.7 Å². The zero-order valence-corrected chi connectivity index (χ0v) is 18.9. The van der Waals surface area contributed by atoms with E-state index in [9.17, 15) is 9.59 Å². The quantitative estimate of drug-likeness (QED) is 0.260. The van der Waals surface area contributed by atoms with Gasteiger partial charge in [0.1, 0.15) is 17.1 Å². The number of nitrogens with zero attached hydrogens (tertiary/aromatic N) is 2. The molecule has 0 unspecified atom stereocenters. The number of hydrogen-bond donors (Lipinski definition) is 0. The number of ether oxygens (including phenoxy) is 2. The molecule has 1 aromatic heterocycles. The first-order valence-electron chi connectivity index (χ1n) is 10.6. The van der Waals surface area contributed by atoms with E-state index in [2.05, 4.69) is 0 Å². The van der Waals surface area contributed by atoms with Gasteiger partial charge in [-0.05, 0) is 61.4 Å². The van der Waals surface area contributed by atoms with Crippen LogP contribution in [0.25, 0.3) is 22.3 Å². The van der Waals surface area contributed by atoms with Crippen molar-refractivity contribution in [3.05, 3.63) is 93.7 Å². The van der Waals surface area contributed by atoms with Crippen LogP contribution in [0.2, 0.25) is 5.02 Å². The van der Waals surface area contributed by atoms with Crippen molar-refractivity contribution < 1.29 is 14.3 Å². The second-order valence-electron chi connectivity index (χ2n) is 7.46. The van der Waals surface area contributed by atoms with Crippen molar-refractivity contribution in [1.82, 2.24) is 9.55 Å². The minimum atomic E-state index is -0.438. The van der Waals surface area contributed by atoms with Gasteiger partial charge in [0, 0.05) is 17.1 Å². The van der Waals surface area contributed by atoms with E-state index < -0.39 is 5.97 Å². The Morgan fingerprint density at radius 1 is 0.970 bits per heavy atom. The largest absolute Gasteiger partial charge is 0.493 e. The first-order valence-corrected chi connectivity index (χ1v) is 11.0. The number of carbonyl (C=O) groups is 1. The van der Waals surface area contributed by atoms with Crippen molar-refractivity contribution in [2.24, 2.45) is 0 Å². The third kappa shape index (κ3) is 5.07. The molecule has 168 valence electrons. The lowest BCUT2D eigenvalue weighted by molar-refractivity contribution is 0.0596. The maximum atomic E-state index is 13.2. The SMILES string of the molecule is COC(=O)c1ccccc1OCCCCn1c(-c2ccc(Cl)cc2)nc2ccccc2c1=O. The van der Waals surface area contributed by atoms with E-state index in [0.29, 0.717) is 59.1 Å². The number of benzene rings is 3. The molecule has 0 amide bonds. The van der Waals surface area contributed by atoms with Gasteiger partial charge >= 0.3 is 5.97 Å². The van der Waals surface area contributed by atoms with Crippen LogP contribution in [0, 0.1) is 0 Å². The third-order valence-corrected chi connectivity index (χ3v) is 5.54. The predicted molar refractivity (Wildman–Crippen MR) is 129 cm³/mol. The molecule has 0 saturated heterocycles. The fourth-order valence-electron chi connectivity index (χ4n) is 3.62. The summed E-state index contributed by atoms with van der Waals surface area (Å²) in [5.74, 6) is 0.648. The number of carbonyl (C=O) groups excluding carboxylic acids is 1. The van der Waals surface area contributed by atoms with Crippen molar-refractivity contribution >= 4 is 28.5 Å². The van der Waals surface area contributed by atoms with Gasteiger partial charge in [-0.3, -0.25) is 9.36 Å².